The lowest BCUT2D eigenvalue weighted by Gasteiger charge is -2.33. The molecule has 0 saturated carbocycles. The Bertz CT molecular complexity index is 1340. The third-order valence-electron chi connectivity index (χ3n) is 6.18. The second-order valence-corrected chi connectivity index (χ2v) is 10.3. The van der Waals surface area contributed by atoms with E-state index in [1.807, 2.05) is 13.8 Å². The van der Waals surface area contributed by atoms with Crippen LogP contribution < -0.4 is 10.3 Å². The van der Waals surface area contributed by atoms with Gasteiger partial charge in [-0.3, -0.25) is 9.20 Å². The number of hydrogen-bond donors (Lipinski definition) is 1. The fourth-order valence-electron chi connectivity index (χ4n) is 4.42. The zero-order valence-corrected chi connectivity index (χ0v) is 21.0. The minimum absolute atomic E-state index is 0.104. The molecular formula is C23H32N6O4S. The van der Waals surface area contributed by atoms with Gasteiger partial charge in [0.2, 0.25) is 10.0 Å². The molecule has 0 unspecified atom stereocenters. The van der Waals surface area contributed by atoms with Gasteiger partial charge in [-0.15, -0.1) is 0 Å². The smallest absolute Gasteiger partial charge is 0.290 e. The van der Waals surface area contributed by atoms with E-state index in [0.717, 1.165) is 18.8 Å². The summed E-state index contributed by atoms with van der Waals surface area (Å²) in [5, 5.41) is 6.84. The fraction of sp³-hybridized carbons (Fsp3) is 0.522. The van der Waals surface area contributed by atoms with Gasteiger partial charge in [0.05, 0.1) is 12.3 Å². The zero-order valence-electron chi connectivity index (χ0n) is 20.2. The molecule has 10 nitrogen and oxygen atoms in total. The topological polar surface area (TPSA) is 113 Å². The minimum Gasteiger partial charge on any atom is -0.492 e. The Labute approximate surface area is 199 Å². The number of aromatic amines is 1. The van der Waals surface area contributed by atoms with Gasteiger partial charge in [0.1, 0.15) is 22.0 Å². The highest BCUT2D eigenvalue weighted by Gasteiger charge is 2.31. The maximum atomic E-state index is 13.7. The van der Waals surface area contributed by atoms with Gasteiger partial charge < -0.3 is 9.64 Å². The van der Waals surface area contributed by atoms with Gasteiger partial charge in [0.25, 0.3) is 5.56 Å². The largest absolute Gasteiger partial charge is 0.492 e. The predicted octanol–water partition coefficient (Wildman–Crippen LogP) is 2.07. The van der Waals surface area contributed by atoms with Gasteiger partial charge >= 0.3 is 0 Å². The van der Waals surface area contributed by atoms with Crippen molar-refractivity contribution in [2.24, 2.45) is 0 Å². The number of sulfonamides is 1. The Morgan fingerprint density at radius 2 is 1.85 bits per heavy atom. The number of imidazole rings is 1. The Morgan fingerprint density at radius 3 is 2.50 bits per heavy atom. The molecule has 0 amide bonds. The van der Waals surface area contributed by atoms with Crippen molar-refractivity contribution in [3.8, 4) is 17.1 Å². The molecule has 0 spiro atoms. The number of H-pyrrole nitrogens is 1. The second kappa shape index (κ2) is 9.85. The maximum absolute atomic E-state index is 13.7. The average molecular weight is 489 g/mol. The van der Waals surface area contributed by atoms with Crippen LogP contribution in [0.2, 0.25) is 0 Å². The van der Waals surface area contributed by atoms with Crippen molar-refractivity contribution in [1.29, 1.82) is 0 Å². The first-order valence-corrected chi connectivity index (χ1v) is 13.2. The van der Waals surface area contributed by atoms with Gasteiger partial charge in [0, 0.05) is 38.2 Å². The lowest BCUT2D eigenvalue weighted by molar-refractivity contribution is 0.196. The molecule has 1 fully saturated rings. The summed E-state index contributed by atoms with van der Waals surface area (Å²) in [6.07, 6.45) is 1.51. The predicted molar refractivity (Wildman–Crippen MR) is 130 cm³/mol. The highest BCUT2D eigenvalue weighted by molar-refractivity contribution is 7.89. The van der Waals surface area contributed by atoms with Crippen molar-refractivity contribution in [2.75, 3.05) is 39.3 Å². The summed E-state index contributed by atoms with van der Waals surface area (Å²) in [5.41, 5.74) is 1.26. The minimum atomic E-state index is -3.80. The van der Waals surface area contributed by atoms with Crippen molar-refractivity contribution in [1.82, 2.24) is 28.8 Å². The molecule has 4 rings (SSSR count). The molecule has 0 aliphatic carbocycles. The Morgan fingerprint density at radius 1 is 1.12 bits per heavy atom. The SMILES string of the molecule is CCCc1nc(C)c2c(=O)[nH]nc(-c3ccc(OCC)c(S(=O)(=O)N4CCN(CC)CC4)c3)n12. The van der Waals surface area contributed by atoms with Gasteiger partial charge in [-0.05, 0) is 45.0 Å². The molecule has 1 aromatic carbocycles. The summed E-state index contributed by atoms with van der Waals surface area (Å²) in [5.74, 6) is 1.46. The van der Waals surface area contributed by atoms with E-state index in [1.165, 1.54) is 4.31 Å². The van der Waals surface area contributed by atoms with E-state index in [-0.39, 0.29) is 10.5 Å². The second-order valence-electron chi connectivity index (χ2n) is 8.36. The lowest BCUT2D eigenvalue weighted by Crippen LogP contribution is -2.48. The molecule has 1 saturated heterocycles. The fourth-order valence-corrected chi connectivity index (χ4v) is 6.00. The van der Waals surface area contributed by atoms with E-state index in [4.69, 9.17) is 4.74 Å². The highest BCUT2D eigenvalue weighted by Crippen LogP contribution is 2.32. The molecule has 3 aromatic rings. The van der Waals surface area contributed by atoms with Crippen LogP contribution >= 0.6 is 0 Å². The maximum Gasteiger partial charge on any atom is 0.290 e. The van der Waals surface area contributed by atoms with E-state index in [2.05, 4.69) is 27.0 Å². The lowest BCUT2D eigenvalue weighted by atomic mass is 10.2. The average Bonchev–Trinajstić information content (AvgIpc) is 3.17. The number of hydrogen-bond acceptors (Lipinski definition) is 7. The van der Waals surface area contributed by atoms with E-state index in [0.29, 0.717) is 67.6 Å². The number of piperazine rings is 1. The molecule has 3 heterocycles. The Kier molecular flexibility index (Phi) is 7.06. The summed E-state index contributed by atoms with van der Waals surface area (Å²) < 4.78 is 36.3. The van der Waals surface area contributed by atoms with Crippen molar-refractivity contribution >= 4 is 15.5 Å². The Hall–Kier alpha value is -2.76. The molecule has 0 atom stereocenters. The summed E-state index contributed by atoms with van der Waals surface area (Å²) in [6.45, 7) is 11.2. The van der Waals surface area contributed by atoms with Crippen LogP contribution in [0.15, 0.2) is 27.9 Å². The van der Waals surface area contributed by atoms with Crippen LogP contribution in [0.4, 0.5) is 0 Å². The molecule has 1 N–H and O–H groups in total. The van der Waals surface area contributed by atoms with Gasteiger partial charge in [-0.2, -0.15) is 9.40 Å². The molecule has 184 valence electrons. The van der Waals surface area contributed by atoms with Crippen LogP contribution in [0.5, 0.6) is 5.75 Å². The quantitative estimate of drug-likeness (QED) is 0.516. The highest BCUT2D eigenvalue weighted by atomic mass is 32.2. The van der Waals surface area contributed by atoms with Gasteiger partial charge in [0.15, 0.2) is 5.82 Å². The van der Waals surface area contributed by atoms with Crippen molar-refractivity contribution in [3.63, 3.8) is 0 Å². The first-order chi connectivity index (χ1) is 16.3. The molecule has 0 radical (unpaired) electrons. The van der Waals surface area contributed by atoms with E-state index >= 15 is 0 Å². The number of ether oxygens (including phenoxy) is 1. The van der Waals surface area contributed by atoms with Gasteiger partial charge in [-0.25, -0.2) is 18.5 Å². The van der Waals surface area contributed by atoms with Crippen molar-refractivity contribution in [3.05, 3.63) is 40.1 Å². The van der Waals surface area contributed by atoms with Crippen LogP contribution in [0.3, 0.4) is 0 Å². The van der Waals surface area contributed by atoms with Crippen molar-refractivity contribution < 1.29 is 13.2 Å². The summed E-state index contributed by atoms with van der Waals surface area (Å²) in [6, 6.07) is 5.03. The summed E-state index contributed by atoms with van der Waals surface area (Å²) in [4.78, 5) is 19.4. The van der Waals surface area contributed by atoms with Crippen LogP contribution in [0.25, 0.3) is 16.9 Å². The molecule has 1 aliphatic heterocycles. The summed E-state index contributed by atoms with van der Waals surface area (Å²) >= 11 is 0. The summed E-state index contributed by atoms with van der Waals surface area (Å²) in [7, 11) is -3.80. The van der Waals surface area contributed by atoms with E-state index in [9.17, 15) is 13.2 Å². The van der Waals surface area contributed by atoms with Crippen LogP contribution in [-0.2, 0) is 16.4 Å². The first kappa shape index (κ1) is 24.4. The van der Waals surface area contributed by atoms with Crippen molar-refractivity contribution in [2.45, 2.75) is 45.4 Å². The van der Waals surface area contributed by atoms with Crippen LogP contribution in [-0.4, -0.2) is 76.5 Å². The number of nitrogens with zero attached hydrogens (tertiary/aromatic N) is 5. The number of rotatable bonds is 8. The number of aromatic nitrogens is 4. The molecule has 1 aliphatic rings. The Balaban J connectivity index is 1.86. The number of aryl methyl sites for hydroxylation is 2. The molecular weight excluding hydrogens is 456 g/mol. The normalized spacial score (nSPS) is 15.8. The standard InChI is InChI=1S/C23H32N6O4S/c1-5-8-20-24-16(4)21-23(30)26-25-22(29(20)21)17-9-10-18(33-7-3)19(15-17)34(31,32)28-13-11-27(6-2)12-14-28/h9-10,15H,5-8,11-14H2,1-4H3,(H,26,30). The number of fused-ring (bicyclic) bond motifs is 1. The third-order valence-corrected chi connectivity index (χ3v) is 8.10. The third kappa shape index (κ3) is 4.35. The van der Waals surface area contributed by atoms with Crippen LogP contribution in [0.1, 0.15) is 38.7 Å². The first-order valence-electron chi connectivity index (χ1n) is 11.8. The molecule has 34 heavy (non-hydrogen) atoms. The zero-order chi connectivity index (χ0) is 24.5. The molecule has 0 bridgehead atoms. The van der Waals surface area contributed by atoms with E-state index < -0.39 is 10.0 Å². The number of likely N-dealkylation sites (N-methyl/N-ethyl adjacent to an activating group) is 1. The molecule has 11 heteroatoms. The monoisotopic (exact) mass is 488 g/mol. The number of benzene rings is 1. The molecule has 2 aromatic heterocycles. The number of nitrogens with one attached hydrogen (secondary N) is 1. The van der Waals surface area contributed by atoms with Gasteiger partial charge in [-0.1, -0.05) is 13.8 Å². The van der Waals surface area contributed by atoms with E-state index in [1.54, 1.807) is 29.5 Å². The van der Waals surface area contributed by atoms with Crippen LogP contribution in [0, 0.1) is 6.92 Å².